The van der Waals surface area contributed by atoms with E-state index in [9.17, 15) is 4.39 Å². The van der Waals surface area contributed by atoms with Crippen LogP contribution in [0.15, 0.2) is 18.2 Å². The normalized spacial score (nSPS) is 27.0. The maximum absolute atomic E-state index is 12.7. The zero-order chi connectivity index (χ0) is 9.42. The highest BCUT2D eigenvalue weighted by molar-refractivity contribution is 6.31. The molecule has 0 bridgehead atoms. The molecular formula is C10H11ClFN. The van der Waals surface area contributed by atoms with Crippen LogP contribution >= 0.6 is 11.6 Å². The third-order valence-corrected chi connectivity index (χ3v) is 3.02. The lowest BCUT2D eigenvalue weighted by Gasteiger charge is -2.34. The molecule has 0 aromatic heterocycles. The highest BCUT2D eigenvalue weighted by Crippen LogP contribution is 2.38. The second-order valence-corrected chi connectivity index (χ2v) is 3.92. The molecule has 1 nitrogen and oxygen atoms in total. The third-order valence-electron chi connectivity index (χ3n) is 2.69. The van der Waals surface area contributed by atoms with E-state index in [2.05, 4.69) is 0 Å². The molecule has 70 valence electrons. The minimum Gasteiger partial charge on any atom is -0.327 e. The predicted molar refractivity (Wildman–Crippen MR) is 51.4 cm³/mol. The molecule has 3 heteroatoms. The highest BCUT2D eigenvalue weighted by atomic mass is 35.5. The number of rotatable bonds is 1. The summed E-state index contributed by atoms with van der Waals surface area (Å²) in [5, 5.41) is 0.500. The Bertz CT molecular complexity index is 327. The van der Waals surface area contributed by atoms with Crippen LogP contribution in [0.5, 0.6) is 0 Å². The number of benzene rings is 1. The van der Waals surface area contributed by atoms with Gasteiger partial charge in [0.15, 0.2) is 0 Å². The van der Waals surface area contributed by atoms with E-state index in [0.717, 1.165) is 18.4 Å². The Morgan fingerprint density at radius 3 is 2.62 bits per heavy atom. The van der Waals surface area contributed by atoms with Gasteiger partial charge in [0, 0.05) is 17.0 Å². The Labute approximate surface area is 81.7 Å². The highest BCUT2D eigenvalue weighted by Gasteiger charge is 2.30. The lowest BCUT2D eigenvalue weighted by Crippen LogP contribution is -2.37. The number of nitrogens with two attached hydrogens (primary N) is 1. The summed E-state index contributed by atoms with van der Waals surface area (Å²) in [6.45, 7) is 0. The fourth-order valence-corrected chi connectivity index (χ4v) is 2.02. The maximum Gasteiger partial charge on any atom is 0.124 e. The van der Waals surface area contributed by atoms with Crippen LogP contribution in [-0.2, 0) is 0 Å². The Balaban J connectivity index is 2.30. The molecule has 0 spiro atoms. The van der Waals surface area contributed by atoms with E-state index in [4.69, 9.17) is 17.3 Å². The molecular weight excluding hydrogens is 189 g/mol. The van der Waals surface area contributed by atoms with Gasteiger partial charge in [-0.3, -0.25) is 0 Å². The molecule has 0 unspecified atom stereocenters. The zero-order valence-corrected chi connectivity index (χ0v) is 7.89. The van der Waals surface area contributed by atoms with Crippen molar-refractivity contribution in [1.29, 1.82) is 0 Å². The molecule has 0 radical (unpaired) electrons. The van der Waals surface area contributed by atoms with Gasteiger partial charge < -0.3 is 5.73 Å². The van der Waals surface area contributed by atoms with Gasteiger partial charge in [-0.05, 0) is 30.5 Å². The van der Waals surface area contributed by atoms with Gasteiger partial charge in [-0.25, -0.2) is 4.39 Å². The van der Waals surface area contributed by atoms with Gasteiger partial charge in [-0.15, -0.1) is 0 Å². The molecule has 0 aliphatic heterocycles. The van der Waals surface area contributed by atoms with Gasteiger partial charge in [0.2, 0.25) is 0 Å². The summed E-state index contributed by atoms with van der Waals surface area (Å²) >= 11 is 5.91. The van der Waals surface area contributed by atoms with Crippen LogP contribution in [-0.4, -0.2) is 6.04 Å². The minimum absolute atomic E-state index is 0.197. The van der Waals surface area contributed by atoms with Crippen molar-refractivity contribution in [3.63, 3.8) is 0 Å². The predicted octanol–water partition coefficient (Wildman–Crippen LogP) is 2.68. The SMILES string of the molecule is N[C@H]1CC[C@H]1c1ccc(F)cc1Cl. The van der Waals surface area contributed by atoms with E-state index >= 15 is 0 Å². The van der Waals surface area contributed by atoms with Crippen LogP contribution in [0, 0.1) is 5.82 Å². The second-order valence-electron chi connectivity index (χ2n) is 3.51. The Morgan fingerprint density at radius 2 is 2.15 bits per heavy atom. The van der Waals surface area contributed by atoms with Gasteiger partial charge >= 0.3 is 0 Å². The van der Waals surface area contributed by atoms with E-state index in [1.165, 1.54) is 12.1 Å². The maximum atomic E-state index is 12.7. The molecule has 2 rings (SSSR count). The third kappa shape index (κ3) is 1.56. The molecule has 1 saturated carbocycles. The topological polar surface area (TPSA) is 26.0 Å². The van der Waals surface area contributed by atoms with E-state index in [1.807, 2.05) is 0 Å². The fourth-order valence-electron chi connectivity index (χ4n) is 1.71. The first-order chi connectivity index (χ1) is 6.18. The molecule has 0 saturated heterocycles. The molecule has 1 aromatic rings. The minimum atomic E-state index is -0.290. The van der Waals surface area contributed by atoms with Crippen molar-refractivity contribution in [2.45, 2.75) is 24.8 Å². The molecule has 1 aromatic carbocycles. The van der Waals surface area contributed by atoms with E-state index in [-0.39, 0.29) is 11.9 Å². The summed E-state index contributed by atoms with van der Waals surface area (Å²) in [5.41, 5.74) is 6.80. The van der Waals surface area contributed by atoms with Gasteiger partial charge in [-0.2, -0.15) is 0 Å². The van der Waals surface area contributed by atoms with Gasteiger partial charge in [0.25, 0.3) is 0 Å². The van der Waals surface area contributed by atoms with Crippen molar-refractivity contribution in [3.05, 3.63) is 34.6 Å². The summed E-state index contributed by atoms with van der Waals surface area (Å²) in [4.78, 5) is 0. The molecule has 13 heavy (non-hydrogen) atoms. The van der Waals surface area contributed by atoms with Crippen LogP contribution in [0.2, 0.25) is 5.02 Å². The summed E-state index contributed by atoms with van der Waals surface area (Å²) in [5.74, 6) is 0.0368. The lowest BCUT2D eigenvalue weighted by molar-refractivity contribution is 0.346. The molecule has 1 aliphatic carbocycles. The number of halogens is 2. The Morgan fingerprint density at radius 1 is 1.38 bits per heavy atom. The zero-order valence-electron chi connectivity index (χ0n) is 7.13. The largest absolute Gasteiger partial charge is 0.327 e. The molecule has 0 amide bonds. The average Bonchev–Trinajstić information content (AvgIpc) is 2.07. The molecule has 0 heterocycles. The van der Waals surface area contributed by atoms with Crippen molar-refractivity contribution >= 4 is 11.6 Å². The van der Waals surface area contributed by atoms with Gasteiger partial charge in [-0.1, -0.05) is 17.7 Å². The van der Waals surface area contributed by atoms with Gasteiger partial charge in [0.1, 0.15) is 5.82 Å². The fraction of sp³-hybridized carbons (Fsp3) is 0.400. The van der Waals surface area contributed by atoms with Crippen LogP contribution in [0.3, 0.4) is 0 Å². The average molecular weight is 200 g/mol. The van der Waals surface area contributed by atoms with Crippen molar-refractivity contribution in [3.8, 4) is 0 Å². The molecule has 2 atom stereocenters. The van der Waals surface area contributed by atoms with E-state index < -0.39 is 0 Å². The standard InChI is InChI=1S/C10H11ClFN/c11-9-5-6(12)1-2-7(9)8-3-4-10(8)13/h1-2,5,8,10H,3-4,13H2/t8-,10-/m0/s1. The van der Waals surface area contributed by atoms with Crippen molar-refractivity contribution < 1.29 is 4.39 Å². The van der Waals surface area contributed by atoms with Gasteiger partial charge in [0.05, 0.1) is 0 Å². The molecule has 2 N–H and O–H groups in total. The first kappa shape index (κ1) is 8.97. The summed E-state index contributed by atoms with van der Waals surface area (Å²) in [6, 6.07) is 4.72. The van der Waals surface area contributed by atoms with E-state index in [0.29, 0.717) is 10.9 Å². The van der Waals surface area contributed by atoms with Crippen molar-refractivity contribution in [1.82, 2.24) is 0 Å². The van der Waals surface area contributed by atoms with Crippen LogP contribution < -0.4 is 5.73 Å². The van der Waals surface area contributed by atoms with Crippen LogP contribution in [0.4, 0.5) is 4.39 Å². The summed E-state index contributed by atoms with van der Waals surface area (Å²) < 4.78 is 12.7. The first-order valence-electron chi connectivity index (χ1n) is 4.39. The number of hydrogen-bond donors (Lipinski definition) is 1. The quantitative estimate of drug-likeness (QED) is 0.740. The number of hydrogen-bond acceptors (Lipinski definition) is 1. The van der Waals surface area contributed by atoms with E-state index in [1.54, 1.807) is 6.07 Å². The monoisotopic (exact) mass is 199 g/mol. The smallest absolute Gasteiger partial charge is 0.124 e. The van der Waals surface area contributed by atoms with Crippen molar-refractivity contribution in [2.24, 2.45) is 5.73 Å². The molecule has 1 aliphatic rings. The van der Waals surface area contributed by atoms with Crippen LogP contribution in [0.1, 0.15) is 24.3 Å². The summed E-state index contributed by atoms with van der Waals surface area (Å²) in [7, 11) is 0. The Hall–Kier alpha value is -0.600. The Kier molecular flexibility index (Phi) is 2.26. The summed E-state index contributed by atoms with van der Waals surface area (Å²) in [6.07, 6.45) is 2.10. The first-order valence-corrected chi connectivity index (χ1v) is 4.77. The van der Waals surface area contributed by atoms with Crippen LogP contribution in [0.25, 0.3) is 0 Å². The second kappa shape index (κ2) is 3.28. The van der Waals surface area contributed by atoms with Crippen molar-refractivity contribution in [2.75, 3.05) is 0 Å². The lowest BCUT2D eigenvalue weighted by atomic mass is 9.75. The molecule has 1 fully saturated rings.